The normalized spacial score (nSPS) is 27.6. The van der Waals surface area contributed by atoms with E-state index in [2.05, 4.69) is 30.1 Å². The molecule has 0 aromatic heterocycles. The Morgan fingerprint density at radius 3 is 2.60 bits per heavy atom. The second kappa shape index (κ2) is 7.43. The molecule has 3 heteroatoms. The van der Waals surface area contributed by atoms with E-state index in [0.717, 1.165) is 19.0 Å². The van der Waals surface area contributed by atoms with Gasteiger partial charge in [0, 0.05) is 6.54 Å². The smallest absolute Gasteiger partial charge is 0.122 e. The van der Waals surface area contributed by atoms with Gasteiger partial charge in [0.25, 0.3) is 0 Å². The van der Waals surface area contributed by atoms with E-state index >= 15 is 0 Å². The summed E-state index contributed by atoms with van der Waals surface area (Å²) in [6.45, 7) is 8.61. The minimum atomic E-state index is -0.278. The first kappa shape index (κ1) is 15.8. The first-order valence-corrected chi connectivity index (χ1v) is 8.62. The molecule has 2 fully saturated rings. The van der Waals surface area contributed by atoms with E-state index in [1.165, 1.54) is 58.0 Å². The number of likely N-dealkylation sites (tertiary alicyclic amines) is 1. The fourth-order valence-electron chi connectivity index (χ4n) is 3.82. The lowest BCUT2D eigenvalue weighted by Gasteiger charge is -2.33. The van der Waals surface area contributed by atoms with Crippen LogP contribution < -0.4 is 5.32 Å². The van der Waals surface area contributed by atoms with E-state index in [0.29, 0.717) is 5.92 Å². The molecule has 1 N–H and O–H groups in total. The van der Waals surface area contributed by atoms with Gasteiger partial charge < -0.3 is 4.90 Å². The van der Waals surface area contributed by atoms with Crippen LogP contribution in [0.4, 0.5) is 0 Å². The van der Waals surface area contributed by atoms with Crippen LogP contribution in [-0.2, 0) is 0 Å². The molecule has 2 rings (SSSR count). The first-order chi connectivity index (χ1) is 9.74. The average Bonchev–Trinajstić information content (AvgIpc) is 3.27. The van der Waals surface area contributed by atoms with Crippen LogP contribution in [-0.4, -0.2) is 36.6 Å². The van der Waals surface area contributed by atoms with Crippen molar-refractivity contribution >= 4 is 0 Å². The number of nitrogens with one attached hydrogen (secondary N) is 1. The van der Waals surface area contributed by atoms with Crippen molar-refractivity contribution in [1.29, 1.82) is 5.26 Å². The Labute approximate surface area is 124 Å². The molecule has 0 radical (unpaired) electrons. The summed E-state index contributed by atoms with van der Waals surface area (Å²) in [6.07, 6.45) is 9.17. The molecule has 114 valence electrons. The van der Waals surface area contributed by atoms with Crippen LogP contribution in [0.3, 0.4) is 0 Å². The first-order valence-electron chi connectivity index (χ1n) is 8.62. The molecule has 0 bridgehead atoms. The van der Waals surface area contributed by atoms with Gasteiger partial charge in [0.1, 0.15) is 5.54 Å². The summed E-state index contributed by atoms with van der Waals surface area (Å²) in [7, 11) is 0. The van der Waals surface area contributed by atoms with E-state index < -0.39 is 0 Å². The lowest BCUT2D eigenvalue weighted by molar-refractivity contribution is 0.200. The van der Waals surface area contributed by atoms with Crippen molar-refractivity contribution in [2.24, 2.45) is 11.8 Å². The standard InChI is InChI=1S/C17H31N3/c1-3-6-15-7-5-11-20(12-10-15)14-17(13-18,19-4-2)16-8-9-16/h15-16,19H,3-12,14H2,1-2H3. The SMILES string of the molecule is CCCC1CCCN(CC(C#N)(NCC)C2CC2)CC1. The van der Waals surface area contributed by atoms with Gasteiger partial charge in [-0.3, -0.25) is 5.32 Å². The predicted octanol–water partition coefficient (Wildman–Crippen LogP) is 3.17. The third-order valence-corrected chi connectivity index (χ3v) is 5.08. The summed E-state index contributed by atoms with van der Waals surface area (Å²) in [6, 6.07) is 2.63. The number of hydrogen-bond donors (Lipinski definition) is 1. The Morgan fingerprint density at radius 1 is 1.20 bits per heavy atom. The molecular formula is C17H31N3. The monoisotopic (exact) mass is 277 g/mol. The maximum atomic E-state index is 9.72. The molecule has 3 nitrogen and oxygen atoms in total. The molecular weight excluding hydrogens is 246 g/mol. The van der Waals surface area contributed by atoms with Gasteiger partial charge in [-0.05, 0) is 63.6 Å². The highest BCUT2D eigenvalue weighted by molar-refractivity contribution is 5.16. The summed E-state index contributed by atoms with van der Waals surface area (Å²) >= 11 is 0. The molecule has 2 unspecified atom stereocenters. The lowest BCUT2D eigenvalue weighted by atomic mass is 9.93. The van der Waals surface area contributed by atoms with E-state index in [1.807, 2.05) is 0 Å². The Hall–Kier alpha value is -0.590. The summed E-state index contributed by atoms with van der Waals surface area (Å²) in [5.41, 5.74) is -0.278. The quantitative estimate of drug-likeness (QED) is 0.777. The van der Waals surface area contributed by atoms with Gasteiger partial charge in [-0.1, -0.05) is 26.7 Å². The van der Waals surface area contributed by atoms with Crippen LogP contribution in [0.1, 0.15) is 58.8 Å². The topological polar surface area (TPSA) is 39.1 Å². The van der Waals surface area contributed by atoms with Gasteiger partial charge in [-0.2, -0.15) is 5.26 Å². The van der Waals surface area contributed by atoms with Crippen LogP contribution in [0.2, 0.25) is 0 Å². The van der Waals surface area contributed by atoms with Gasteiger partial charge in [-0.25, -0.2) is 0 Å². The largest absolute Gasteiger partial charge is 0.300 e. The van der Waals surface area contributed by atoms with E-state index in [4.69, 9.17) is 0 Å². The van der Waals surface area contributed by atoms with Crippen molar-refractivity contribution in [2.45, 2.75) is 64.3 Å². The van der Waals surface area contributed by atoms with Crippen LogP contribution >= 0.6 is 0 Å². The Kier molecular flexibility index (Phi) is 5.86. The molecule has 0 amide bonds. The molecule has 2 aliphatic rings. The van der Waals surface area contributed by atoms with E-state index in [1.54, 1.807) is 0 Å². The minimum absolute atomic E-state index is 0.278. The highest BCUT2D eigenvalue weighted by atomic mass is 15.2. The van der Waals surface area contributed by atoms with Gasteiger partial charge in [0.2, 0.25) is 0 Å². The Bertz CT molecular complexity index is 332. The second-order valence-corrected chi connectivity index (χ2v) is 6.75. The fraction of sp³-hybridized carbons (Fsp3) is 0.941. The lowest BCUT2D eigenvalue weighted by Crippen LogP contribution is -2.54. The Balaban J connectivity index is 1.92. The molecule has 1 saturated carbocycles. The highest BCUT2D eigenvalue weighted by Gasteiger charge is 2.46. The third kappa shape index (κ3) is 3.96. The third-order valence-electron chi connectivity index (χ3n) is 5.08. The van der Waals surface area contributed by atoms with Gasteiger partial charge >= 0.3 is 0 Å². The molecule has 0 aromatic carbocycles. The van der Waals surface area contributed by atoms with Crippen molar-refractivity contribution in [1.82, 2.24) is 10.2 Å². The fourth-order valence-corrected chi connectivity index (χ4v) is 3.82. The summed E-state index contributed by atoms with van der Waals surface area (Å²) < 4.78 is 0. The maximum Gasteiger partial charge on any atom is 0.122 e. The number of likely N-dealkylation sites (N-methyl/N-ethyl adjacent to an activating group) is 1. The predicted molar refractivity (Wildman–Crippen MR) is 83.4 cm³/mol. The summed E-state index contributed by atoms with van der Waals surface area (Å²) in [4.78, 5) is 2.56. The Morgan fingerprint density at radius 2 is 2.00 bits per heavy atom. The molecule has 1 aliphatic heterocycles. The summed E-state index contributed by atoms with van der Waals surface area (Å²) in [5, 5.41) is 13.2. The van der Waals surface area contributed by atoms with Crippen LogP contribution in [0, 0.1) is 23.2 Å². The van der Waals surface area contributed by atoms with Crippen molar-refractivity contribution in [3.8, 4) is 6.07 Å². The zero-order chi connectivity index (χ0) is 14.4. The van der Waals surface area contributed by atoms with Gasteiger partial charge in [0.15, 0.2) is 0 Å². The highest BCUT2D eigenvalue weighted by Crippen LogP contribution is 2.40. The molecule has 1 aliphatic carbocycles. The minimum Gasteiger partial charge on any atom is -0.300 e. The summed E-state index contributed by atoms with van der Waals surface area (Å²) in [5.74, 6) is 1.50. The number of hydrogen-bond acceptors (Lipinski definition) is 3. The number of nitriles is 1. The molecule has 2 atom stereocenters. The molecule has 1 heterocycles. The number of rotatable bonds is 7. The van der Waals surface area contributed by atoms with E-state index in [9.17, 15) is 5.26 Å². The molecule has 20 heavy (non-hydrogen) atoms. The molecule has 0 aromatic rings. The molecule has 1 saturated heterocycles. The van der Waals surface area contributed by atoms with Crippen molar-refractivity contribution in [3.63, 3.8) is 0 Å². The van der Waals surface area contributed by atoms with E-state index in [-0.39, 0.29) is 5.54 Å². The van der Waals surface area contributed by atoms with Crippen molar-refractivity contribution in [3.05, 3.63) is 0 Å². The van der Waals surface area contributed by atoms with Crippen molar-refractivity contribution in [2.75, 3.05) is 26.2 Å². The van der Waals surface area contributed by atoms with Crippen LogP contribution in [0.25, 0.3) is 0 Å². The van der Waals surface area contributed by atoms with Gasteiger partial charge in [0.05, 0.1) is 6.07 Å². The van der Waals surface area contributed by atoms with Crippen molar-refractivity contribution < 1.29 is 0 Å². The second-order valence-electron chi connectivity index (χ2n) is 6.75. The van der Waals surface area contributed by atoms with Gasteiger partial charge in [-0.15, -0.1) is 0 Å². The zero-order valence-electron chi connectivity index (χ0n) is 13.3. The van der Waals surface area contributed by atoms with Crippen LogP contribution in [0.5, 0.6) is 0 Å². The number of nitrogens with zero attached hydrogens (tertiary/aromatic N) is 2. The average molecular weight is 277 g/mol. The zero-order valence-corrected chi connectivity index (χ0v) is 13.3. The molecule has 0 spiro atoms. The van der Waals surface area contributed by atoms with Crippen LogP contribution in [0.15, 0.2) is 0 Å². The maximum absolute atomic E-state index is 9.72.